The van der Waals surface area contributed by atoms with Gasteiger partial charge in [-0.2, -0.15) is 0 Å². The van der Waals surface area contributed by atoms with Crippen molar-refractivity contribution < 1.29 is 4.74 Å². The maximum atomic E-state index is 6.06. The fraction of sp³-hybridized carbons (Fsp3) is 0.667. The predicted octanol–water partition coefficient (Wildman–Crippen LogP) is 3.32. The zero-order chi connectivity index (χ0) is 13.2. The normalized spacial score (nSPS) is 25.6. The summed E-state index contributed by atoms with van der Waals surface area (Å²) in [6, 6.07) is 2.18. The van der Waals surface area contributed by atoms with Gasteiger partial charge < -0.3 is 15.8 Å². The number of nitrogens with one attached hydrogen (secondary N) is 1. The van der Waals surface area contributed by atoms with Crippen molar-refractivity contribution in [1.82, 2.24) is 5.32 Å². The Kier molecular flexibility index (Phi) is 5.08. The maximum Gasteiger partial charge on any atom is 0.107 e. The Hall–Kier alpha value is 0.350. The van der Waals surface area contributed by atoms with Crippen LogP contribution in [0.15, 0.2) is 10.5 Å². The lowest BCUT2D eigenvalue weighted by molar-refractivity contribution is 0.0190. The van der Waals surface area contributed by atoms with Crippen LogP contribution >= 0.6 is 38.9 Å². The Morgan fingerprint density at radius 3 is 3.00 bits per heavy atom. The predicted molar refractivity (Wildman–Crippen MR) is 80.4 cm³/mol. The topological polar surface area (TPSA) is 47.3 Å². The summed E-state index contributed by atoms with van der Waals surface area (Å²) in [4.78, 5) is 1.16. The Labute approximate surface area is 125 Å². The summed E-state index contributed by atoms with van der Waals surface area (Å²) in [5.41, 5.74) is 5.79. The highest BCUT2D eigenvalue weighted by molar-refractivity contribution is 9.10. The third kappa shape index (κ3) is 3.46. The minimum absolute atomic E-state index is 0.0499. The fourth-order valence-corrected chi connectivity index (χ4v) is 3.98. The van der Waals surface area contributed by atoms with E-state index < -0.39 is 0 Å². The molecular weight excluding hydrogens is 336 g/mol. The molecule has 1 aromatic rings. The van der Waals surface area contributed by atoms with E-state index in [4.69, 9.17) is 22.1 Å². The van der Waals surface area contributed by atoms with Gasteiger partial charge in [-0.05, 0) is 41.8 Å². The van der Waals surface area contributed by atoms with E-state index in [-0.39, 0.29) is 11.6 Å². The molecule has 0 aromatic carbocycles. The minimum atomic E-state index is -0.0499. The first-order chi connectivity index (χ1) is 8.54. The summed E-state index contributed by atoms with van der Waals surface area (Å²) >= 11 is 11.1. The molecule has 1 aliphatic rings. The van der Waals surface area contributed by atoms with Crippen LogP contribution in [0.5, 0.6) is 0 Å². The van der Waals surface area contributed by atoms with Crippen molar-refractivity contribution in [2.24, 2.45) is 5.73 Å². The van der Waals surface area contributed by atoms with Gasteiger partial charge in [0.05, 0.1) is 11.6 Å². The third-order valence-electron chi connectivity index (χ3n) is 3.27. The molecule has 1 saturated heterocycles. The molecule has 0 bridgehead atoms. The number of hydrogen-bond donors (Lipinski definition) is 2. The number of ether oxygens (including phenoxy) is 1. The fourth-order valence-electron chi connectivity index (χ4n) is 2.15. The number of hydrogen-bond acceptors (Lipinski definition) is 4. The molecule has 2 rings (SSSR count). The van der Waals surface area contributed by atoms with Crippen LogP contribution in [-0.2, 0) is 4.74 Å². The molecule has 3 N–H and O–H groups in total. The standard InChI is InChI=1S/C12H18BrClN2OS/c1-12(3-2-4-17-12)7-16-9(6-15)10-5-8(13)11(14)18-10/h5,9,16H,2-4,6-7,15H2,1H3. The highest BCUT2D eigenvalue weighted by Gasteiger charge is 2.30. The first kappa shape index (κ1) is 14.8. The molecule has 0 amide bonds. The average Bonchev–Trinajstić information content (AvgIpc) is 2.89. The smallest absolute Gasteiger partial charge is 0.107 e. The molecule has 0 aliphatic carbocycles. The number of halogens is 2. The van der Waals surface area contributed by atoms with Crippen molar-refractivity contribution in [3.63, 3.8) is 0 Å². The lowest BCUT2D eigenvalue weighted by Gasteiger charge is -2.26. The van der Waals surface area contributed by atoms with Crippen LogP contribution in [0.1, 0.15) is 30.7 Å². The van der Waals surface area contributed by atoms with Crippen molar-refractivity contribution in [1.29, 1.82) is 0 Å². The van der Waals surface area contributed by atoms with Crippen LogP contribution in [0, 0.1) is 0 Å². The van der Waals surface area contributed by atoms with Gasteiger partial charge in [0, 0.05) is 29.0 Å². The zero-order valence-corrected chi connectivity index (χ0v) is 13.5. The summed E-state index contributed by atoms with van der Waals surface area (Å²) in [5.74, 6) is 0. The van der Waals surface area contributed by atoms with Gasteiger partial charge in [0.2, 0.25) is 0 Å². The van der Waals surface area contributed by atoms with E-state index in [1.807, 2.05) is 6.07 Å². The average molecular weight is 354 g/mol. The molecule has 1 aromatic heterocycles. The van der Waals surface area contributed by atoms with Gasteiger partial charge in [0.1, 0.15) is 4.34 Å². The largest absolute Gasteiger partial charge is 0.374 e. The van der Waals surface area contributed by atoms with Gasteiger partial charge in [-0.25, -0.2) is 0 Å². The molecule has 0 radical (unpaired) electrons. The van der Waals surface area contributed by atoms with Gasteiger partial charge >= 0.3 is 0 Å². The van der Waals surface area contributed by atoms with E-state index in [1.54, 1.807) is 11.3 Å². The molecule has 2 unspecified atom stereocenters. The maximum absolute atomic E-state index is 6.06. The molecule has 2 heterocycles. The molecule has 0 spiro atoms. The van der Waals surface area contributed by atoms with Crippen LogP contribution < -0.4 is 11.1 Å². The first-order valence-corrected chi connectivity index (χ1v) is 8.05. The van der Waals surface area contributed by atoms with Crippen molar-refractivity contribution in [2.45, 2.75) is 31.4 Å². The molecule has 0 saturated carbocycles. The molecule has 1 aliphatic heterocycles. The molecule has 3 nitrogen and oxygen atoms in total. The summed E-state index contributed by atoms with van der Waals surface area (Å²) in [6.45, 7) is 4.39. The van der Waals surface area contributed by atoms with Crippen LogP contribution in [0.25, 0.3) is 0 Å². The van der Waals surface area contributed by atoms with Crippen LogP contribution in [0.3, 0.4) is 0 Å². The second kappa shape index (κ2) is 6.20. The second-order valence-electron chi connectivity index (χ2n) is 4.84. The Balaban J connectivity index is 1.97. The minimum Gasteiger partial charge on any atom is -0.374 e. The lowest BCUT2D eigenvalue weighted by Crippen LogP contribution is -2.40. The van der Waals surface area contributed by atoms with E-state index in [0.29, 0.717) is 6.54 Å². The highest BCUT2D eigenvalue weighted by Crippen LogP contribution is 2.35. The van der Waals surface area contributed by atoms with Gasteiger partial charge in [0.25, 0.3) is 0 Å². The summed E-state index contributed by atoms with van der Waals surface area (Å²) in [7, 11) is 0. The summed E-state index contributed by atoms with van der Waals surface area (Å²) < 4.78 is 7.47. The van der Waals surface area contributed by atoms with Crippen molar-refractivity contribution >= 4 is 38.9 Å². The summed E-state index contributed by atoms with van der Waals surface area (Å²) in [6.07, 6.45) is 2.24. The Morgan fingerprint density at radius 1 is 1.72 bits per heavy atom. The van der Waals surface area contributed by atoms with Crippen molar-refractivity contribution in [3.8, 4) is 0 Å². The molecule has 18 heavy (non-hydrogen) atoms. The van der Waals surface area contributed by atoms with E-state index in [9.17, 15) is 0 Å². The number of thiophene rings is 1. The van der Waals surface area contributed by atoms with E-state index in [2.05, 4.69) is 28.2 Å². The molecule has 1 fully saturated rings. The number of nitrogens with two attached hydrogens (primary N) is 1. The molecule has 6 heteroatoms. The number of rotatable bonds is 5. The van der Waals surface area contributed by atoms with Gasteiger partial charge in [-0.3, -0.25) is 0 Å². The first-order valence-electron chi connectivity index (χ1n) is 6.06. The van der Waals surface area contributed by atoms with Crippen LogP contribution in [0.4, 0.5) is 0 Å². The third-order valence-corrected chi connectivity index (χ3v) is 5.85. The molecule has 102 valence electrons. The highest BCUT2D eigenvalue weighted by atomic mass is 79.9. The van der Waals surface area contributed by atoms with Crippen LogP contribution in [-0.4, -0.2) is 25.3 Å². The van der Waals surface area contributed by atoms with Crippen molar-refractivity contribution in [2.75, 3.05) is 19.7 Å². The zero-order valence-electron chi connectivity index (χ0n) is 10.3. The molecular formula is C12H18BrClN2OS. The quantitative estimate of drug-likeness (QED) is 0.853. The molecule has 2 atom stereocenters. The van der Waals surface area contributed by atoms with E-state index in [1.165, 1.54) is 0 Å². The second-order valence-corrected chi connectivity index (χ2v) is 7.38. The monoisotopic (exact) mass is 352 g/mol. The van der Waals surface area contributed by atoms with Crippen LogP contribution in [0.2, 0.25) is 4.34 Å². The lowest BCUT2D eigenvalue weighted by atomic mass is 10.0. The SMILES string of the molecule is CC1(CNC(CN)c2cc(Br)c(Cl)s2)CCCO1. The van der Waals surface area contributed by atoms with Gasteiger partial charge in [-0.15, -0.1) is 11.3 Å². The van der Waals surface area contributed by atoms with Gasteiger partial charge in [-0.1, -0.05) is 11.6 Å². The van der Waals surface area contributed by atoms with Crippen molar-refractivity contribution in [3.05, 3.63) is 19.8 Å². The Morgan fingerprint density at radius 2 is 2.50 bits per heavy atom. The van der Waals surface area contributed by atoms with E-state index >= 15 is 0 Å². The Bertz CT molecular complexity index is 387. The van der Waals surface area contributed by atoms with E-state index in [0.717, 1.165) is 39.7 Å². The summed E-state index contributed by atoms with van der Waals surface area (Å²) in [5, 5.41) is 3.49. The van der Waals surface area contributed by atoms with Gasteiger partial charge in [0.15, 0.2) is 0 Å².